The molecule has 0 aromatic rings. The molecule has 0 spiro atoms. The van der Waals surface area contributed by atoms with Gasteiger partial charge in [-0.3, -0.25) is 4.57 Å². The summed E-state index contributed by atoms with van der Waals surface area (Å²) in [4.78, 5) is 9.23. The van der Waals surface area contributed by atoms with Crippen molar-refractivity contribution in [2.24, 2.45) is 5.92 Å². The van der Waals surface area contributed by atoms with Gasteiger partial charge in [0.15, 0.2) is 0 Å². The summed E-state index contributed by atoms with van der Waals surface area (Å²) in [5.41, 5.74) is 0. The molecule has 1 unspecified atom stereocenters. The molecule has 1 aliphatic rings. The second-order valence-electron chi connectivity index (χ2n) is 3.28. The first kappa shape index (κ1) is 8.03. The molecule has 3 heteroatoms. The van der Waals surface area contributed by atoms with Crippen LogP contribution in [0.15, 0.2) is 12.7 Å². The Kier molecular flexibility index (Phi) is 1.57. The van der Waals surface area contributed by atoms with E-state index >= 15 is 0 Å². The van der Waals surface area contributed by atoms with Gasteiger partial charge in [0.2, 0.25) is 7.37 Å². The van der Waals surface area contributed by atoms with Crippen LogP contribution in [0, 0.1) is 5.92 Å². The molecule has 10 heavy (non-hydrogen) atoms. The highest BCUT2D eigenvalue weighted by atomic mass is 31.2. The Labute approximate surface area is 61.4 Å². The molecule has 0 heterocycles. The molecule has 0 radical (unpaired) electrons. The maximum atomic E-state index is 11.2. The lowest BCUT2D eigenvalue weighted by atomic mass is 10.3. The quantitative estimate of drug-likeness (QED) is 0.494. The highest BCUT2D eigenvalue weighted by Gasteiger charge is 2.58. The summed E-state index contributed by atoms with van der Waals surface area (Å²) in [7, 11) is -2.88. The van der Waals surface area contributed by atoms with Crippen LogP contribution in [0.1, 0.15) is 13.3 Å². The molecular weight excluding hydrogens is 147 g/mol. The molecule has 0 saturated heterocycles. The average molecular weight is 160 g/mol. The lowest BCUT2D eigenvalue weighted by Gasteiger charge is -2.13. The van der Waals surface area contributed by atoms with Crippen LogP contribution in [-0.4, -0.2) is 16.7 Å². The Bertz CT molecular complexity index is 206. The normalized spacial score (nSPS) is 44.1. The van der Waals surface area contributed by atoms with Crippen molar-refractivity contribution in [1.82, 2.24) is 0 Å². The molecule has 1 aliphatic carbocycles. The fourth-order valence-electron chi connectivity index (χ4n) is 1.20. The van der Waals surface area contributed by atoms with Gasteiger partial charge in [-0.2, -0.15) is 0 Å². The van der Waals surface area contributed by atoms with E-state index in [2.05, 4.69) is 6.58 Å². The third kappa shape index (κ3) is 0.959. The highest BCUT2D eigenvalue weighted by Crippen LogP contribution is 2.68. The lowest BCUT2D eigenvalue weighted by Crippen LogP contribution is -2.04. The Morgan fingerprint density at radius 1 is 1.90 bits per heavy atom. The van der Waals surface area contributed by atoms with Crippen molar-refractivity contribution < 1.29 is 9.46 Å². The first-order valence-corrected chi connectivity index (χ1v) is 5.45. The maximum absolute atomic E-state index is 11.2. The van der Waals surface area contributed by atoms with E-state index in [9.17, 15) is 9.46 Å². The van der Waals surface area contributed by atoms with Gasteiger partial charge in [0.05, 0.1) is 5.16 Å². The van der Waals surface area contributed by atoms with E-state index in [1.807, 2.05) is 6.92 Å². The van der Waals surface area contributed by atoms with E-state index in [-0.39, 0.29) is 11.1 Å². The minimum atomic E-state index is -2.88. The summed E-state index contributed by atoms with van der Waals surface area (Å²) in [5.74, 6) is 0.258. The zero-order chi connectivity index (χ0) is 7.99. The second-order valence-corrected chi connectivity index (χ2v) is 6.06. The molecule has 1 fully saturated rings. The van der Waals surface area contributed by atoms with Crippen molar-refractivity contribution in [3.8, 4) is 0 Å². The zero-order valence-corrected chi connectivity index (χ0v) is 7.27. The lowest BCUT2D eigenvalue weighted by molar-refractivity contribution is 0.467. The van der Waals surface area contributed by atoms with Crippen molar-refractivity contribution >= 4 is 7.37 Å². The Balaban J connectivity index is 2.77. The molecule has 0 aromatic heterocycles. The third-order valence-electron chi connectivity index (χ3n) is 2.50. The minimum absolute atomic E-state index is 0.258. The predicted molar refractivity (Wildman–Crippen MR) is 42.5 cm³/mol. The first-order valence-electron chi connectivity index (χ1n) is 3.35. The van der Waals surface area contributed by atoms with Gasteiger partial charge < -0.3 is 4.89 Å². The van der Waals surface area contributed by atoms with E-state index in [0.29, 0.717) is 0 Å². The topological polar surface area (TPSA) is 37.3 Å². The minimum Gasteiger partial charge on any atom is -0.344 e. The molecular formula is C7H13O2P. The van der Waals surface area contributed by atoms with Crippen LogP contribution in [0.3, 0.4) is 0 Å². The second kappa shape index (κ2) is 1.96. The van der Waals surface area contributed by atoms with Crippen LogP contribution in [0.2, 0.25) is 0 Å². The average Bonchev–Trinajstić information content (AvgIpc) is 2.41. The summed E-state index contributed by atoms with van der Waals surface area (Å²) >= 11 is 0. The fraction of sp³-hybridized carbons (Fsp3) is 0.714. The smallest absolute Gasteiger partial charge is 0.203 e. The summed E-state index contributed by atoms with van der Waals surface area (Å²) in [6, 6.07) is 0. The number of hydrogen-bond acceptors (Lipinski definition) is 1. The monoisotopic (exact) mass is 160 g/mol. The van der Waals surface area contributed by atoms with E-state index in [4.69, 9.17) is 0 Å². The number of hydrogen-bond donors (Lipinski definition) is 1. The molecule has 0 aliphatic heterocycles. The summed E-state index contributed by atoms with van der Waals surface area (Å²) in [5, 5.41) is -0.352. The van der Waals surface area contributed by atoms with Gasteiger partial charge in [-0.05, 0) is 19.3 Å². The molecule has 1 N–H and O–H groups in total. The van der Waals surface area contributed by atoms with Gasteiger partial charge >= 0.3 is 0 Å². The van der Waals surface area contributed by atoms with Crippen molar-refractivity contribution in [2.45, 2.75) is 18.5 Å². The molecule has 3 atom stereocenters. The van der Waals surface area contributed by atoms with Gasteiger partial charge in [-0.15, -0.1) is 6.58 Å². The maximum Gasteiger partial charge on any atom is 0.203 e. The van der Waals surface area contributed by atoms with Crippen LogP contribution in [-0.2, 0) is 4.57 Å². The van der Waals surface area contributed by atoms with Crippen LogP contribution >= 0.6 is 7.37 Å². The zero-order valence-electron chi connectivity index (χ0n) is 6.37. The van der Waals surface area contributed by atoms with Gasteiger partial charge in [0, 0.05) is 6.66 Å². The summed E-state index contributed by atoms with van der Waals surface area (Å²) in [6.45, 7) is 6.87. The standard InChI is InChI=1S/C7H13O2P/c1-4-6-5-7(6,2)10(3,8)9/h4,6H,1,5H2,2-3H3,(H,8,9)/t6-,7+/m1/s1. The fourth-order valence-corrected chi connectivity index (χ4v) is 2.46. The molecule has 0 amide bonds. The highest BCUT2D eigenvalue weighted by molar-refractivity contribution is 7.59. The Morgan fingerprint density at radius 3 is 2.50 bits per heavy atom. The van der Waals surface area contributed by atoms with Gasteiger partial charge in [0.25, 0.3) is 0 Å². The molecule has 58 valence electrons. The number of rotatable bonds is 2. The Hall–Kier alpha value is -0.0700. The van der Waals surface area contributed by atoms with E-state index in [1.165, 1.54) is 6.66 Å². The Morgan fingerprint density at radius 2 is 2.40 bits per heavy atom. The van der Waals surface area contributed by atoms with Crippen LogP contribution in [0.4, 0.5) is 0 Å². The van der Waals surface area contributed by atoms with Gasteiger partial charge in [-0.25, -0.2) is 0 Å². The van der Waals surface area contributed by atoms with Crippen molar-refractivity contribution in [2.75, 3.05) is 6.66 Å². The first-order chi connectivity index (χ1) is 4.42. The molecule has 0 aromatic carbocycles. The summed E-state index contributed by atoms with van der Waals surface area (Å²) < 4.78 is 11.2. The predicted octanol–water partition coefficient (Wildman–Crippen LogP) is 1.85. The molecule has 1 saturated carbocycles. The third-order valence-corrected chi connectivity index (χ3v) is 4.91. The van der Waals surface area contributed by atoms with E-state index < -0.39 is 7.37 Å². The van der Waals surface area contributed by atoms with Crippen LogP contribution < -0.4 is 0 Å². The van der Waals surface area contributed by atoms with E-state index in [0.717, 1.165) is 6.42 Å². The van der Waals surface area contributed by atoms with Crippen molar-refractivity contribution in [3.05, 3.63) is 12.7 Å². The number of allylic oxidation sites excluding steroid dienone is 1. The molecule has 1 rings (SSSR count). The van der Waals surface area contributed by atoms with E-state index in [1.54, 1.807) is 6.08 Å². The van der Waals surface area contributed by atoms with Crippen molar-refractivity contribution in [3.63, 3.8) is 0 Å². The van der Waals surface area contributed by atoms with Gasteiger partial charge in [-0.1, -0.05) is 6.08 Å². The van der Waals surface area contributed by atoms with Crippen LogP contribution in [0.5, 0.6) is 0 Å². The van der Waals surface area contributed by atoms with Crippen molar-refractivity contribution in [1.29, 1.82) is 0 Å². The summed E-state index contributed by atoms with van der Waals surface area (Å²) in [6.07, 6.45) is 2.59. The molecule has 0 bridgehead atoms. The van der Waals surface area contributed by atoms with Crippen LogP contribution in [0.25, 0.3) is 0 Å². The van der Waals surface area contributed by atoms with Gasteiger partial charge in [0.1, 0.15) is 0 Å². The SMILES string of the molecule is C=C[C@@H]1C[C@]1(C)P(C)(=O)O. The largest absolute Gasteiger partial charge is 0.344 e. The molecule has 2 nitrogen and oxygen atoms in total.